The summed E-state index contributed by atoms with van der Waals surface area (Å²) in [5.41, 5.74) is 4.50. The van der Waals surface area contributed by atoms with Crippen LogP contribution in [0.15, 0.2) is 66.2 Å². The van der Waals surface area contributed by atoms with Crippen LogP contribution in [-0.4, -0.2) is 31.0 Å². The van der Waals surface area contributed by atoms with Gasteiger partial charge in [0.1, 0.15) is 17.3 Å². The van der Waals surface area contributed by atoms with Crippen molar-refractivity contribution in [1.29, 1.82) is 0 Å². The molecule has 34 heavy (non-hydrogen) atoms. The SMILES string of the molecule is COc1ccc(C2/C(=C(\O)c3ccc(OC)c(C)c3)C(=O)C(=O)N2c2ccc(C)cc2C)cc1. The molecule has 3 aromatic rings. The molecular formula is C28H27NO5. The first-order valence-corrected chi connectivity index (χ1v) is 10.9. The van der Waals surface area contributed by atoms with Crippen molar-refractivity contribution in [2.45, 2.75) is 26.8 Å². The Morgan fingerprint density at radius 1 is 0.853 bits per heavy atom. The van der Waals surface area contributed by atoms with E-state index in [0.29, 0.717) is 28.3 Å². The van der Waals surface area contributed by atoms with Crippen LogP contribution in [0.3, 0.4) is 0 Å². The minimum atomic E-state index is -0.797. The normalized spacial score (nSPS) is 17.2. The summed E-state index contributed by atoms with van der Waals surface area (Å²) in [4.78, 5) is 28.2. The van der Waals surface area contributed by atoms with E-state index in [4.69, 9.17) is 9.47 Å². The maximum Gasteiger partial charge on any atom is 0.300 e. The number of methoxy groups -OCH3 is 2. The molecule has 3 aromatic carbocycles. The first-order valence-electron chi connectivity index (χ1n) is 10.9. The predicted molar refractivity (Wildman–Crippen MR) is 131 cm³/mol. The van der Waals surface area contributed by atoms with Crippen LogP contribution in [0.1, 0.15) is 33.9 Å². The lowest BCUT2D eigenvalue weighted by Gasteiger charge is -2.27. The molecule has 1 unspecified atom stereocenters. The molecule has 0 aliphatic carbocycles. The molecule has 1 aliphatic heterocycles. The van der Waals surface area contributed by atoms with Crippen molar-refractivity contribution in [2.75, 3.05) is 19.1 Å². The van der Waals surface area contributed by atoms with E-state index in [1.807, 2.05) is 39.0 Å². The topological polar surface area (TPSA) is 76.1 Å². The lowest BCUT2D eigenvalue weighted by Crippen LogP contribution is -2.30. The zero-order valence-electron chi connectivity index (χ0n) is 19.9. The van der Waals surface area contributed by atoms with E-state index >= 15 is 0 Å². The average molecular weight is 458 g/mol. The van der Waals surface area contributed by atoms with Crippen LogP contribution in [0, 0.1) is 20.8 Å². The van der Waals surface area contributed by atoms with Gasteiger partial charge in [0, 0.05) is 11.3 Å². The molecule has 0 saturated carbocycles. The van der Waals surface area contributed by atoms with Crippen molar-refractivity contribution in [2.24, 2.45) is 0 Å². The van der Waals surface area contributed by atoms with E-state index in [9.17, 15) is 14.7 Å². The number of carbonyl (C=O) groups is 2. The monoisotopic (exact) mass is 457 g/mol. The largest absolute Gasteiger partial charge is 0.507 e. The number of hydrogen-bond donors (Lipinski definition) is 1. The third-order valence-corrected chi connectivity index (χ3v) is 6.16. The third kappa shape index (κ3) is 3.92. The van der Waals surface area contributed by atoms with Gasteiger partial charge in [0.2, 0.25) is 0 Å². The number of Topliss-reactive ketones (excluding diaryl/α,β-unsaturated/α-hetero) is 1. The Labute approximate surface area is 199 Å². The number of amides is 1. The second-order valence-corrected chi connectivity index (χ2v) is 8.42. The summed E-state index contributed by atoms with van der Waals surface area (Å²) in [5, 5.41) is 11.3. The number of ether oxygens (including phenoxy) is 2. The highest BCUT2D eigenvalue weighted by molar-refractivity contribution is 6.51. The van der Waals surface area contributed by atoms with E-state index < -0.39 is 17.7 Å². The maximum atomic E-state index is 13.3. The first kappa shape index (κ1) is 23.1. The number of benzene rings is 3. The Balaban J connectivity index is 1.95. The molecule has 6 nitrogen and oxygen atoms in total. The minimum Gasteiger partial charge on any atom is -0.507 e. The van der Waals surface area contributed by atoms with Crippen LogP contribution in [-0.2, 0) is 9.59 Å². The highest BCUT2D eigenvalue weighted by Crippen LogP contribution is 2.43. The standard InChI is InChI=1S/C28H27NO5/c1-16-6-12-22(17(2)14-16)29-25(19-7-10-21(33-4)11-8-19)24(27(31)28(29)32)26(30)20-9-13-23(34-5)18(3)15-20/h6-15,25,30H,1-5H3/b26-24+. The molecule has 6 heteroatoms. The Hall–Kier alpha value is -4.06. The van der Waals surface area contributed by atoms with Crippen LogP contribution >= 0.6 is 0 Å². The molecule has 1 N–H and O–H groups in total. The summed E-state index contributed by atoms with van der Waals surface area (Å²) in [7, 11) is 3.14. The molecule has 0 radical (unpaired) electrons. The summed E-state index contributed by atoms with van der Waals surface area (Å²) in [5.74, 6) is -0.319. The van der Waals surface area contributed by atoms with E-state index in [-0.39, 0.29) is 11.3 Å². The molecule has 1 fully saturated rings. The lowest BCUT2D eigenvalue weighted by atomic mass is 9.94. The minimum absolute atomic E-state index is 0.0414. The van der Waals surface area contributed by atoms with Gasteiger partial charge in [-0.15, -0.1) is 0 Å². The summed E-state index contributed by atoms with van der Waals surface area (Å²) < 4.78 is 10.6. The van der Waals surface area contributed by atoms with Gasteiger partial charge in [0.15, 0.2) is 0 Å². The lowest BCUT2D eigenvalue weighted by molar-refractivity contribution is -0.132. The fourth-order valence-electron chi connectivity index (χ4n) is 4.44. The summed E-state index contributed by atoms with van der Waals surface area (Å²) in [6.45, 7) is 5.72. The van der Waals surface area contributed by atoms with Crippen LogP contribution in [0.4, 0.5) is 5.69 Å². The van der Waals surface area contributed by atoms with Crippen LogP contribution < -0.4 is 14.4 Å². The Morgan fingerprint density at radius 2 is 1.56 bits per heavy atom. The molecule has 0 spiro atoms. The van der Waals surface area contributed by atoms with Gasteiger partial charge >= 0.3 is 0 Å². The van der Waals surface area contributed by atoms with Crippen LogP contribution in [0.25, 0.3) is 5.76 Å². The summed E-state index contributed by atoms with van der Waals surface area (Å²) >= 11 is 0. The Bertz CT molecular complexity index is 1310. The van der Waals surface area contributed by atoms with Gasteiger partial charge in [-0.2, -0.15) is 0 Å². The van der Waals surface area contributed by atoms with E-state index in [1.54, 1.807) is 56.7 Å². The molecule has 1 aliphatic rings. The summed E-state index contributed by atoms with van der Waals surface area (Å²) in [6, 6.07) is 17.2. The second-order valence-electron chi connectivity index (χ2n) is 8.42. The fraction of sp³-hybridized carbons (Fsp3) is 0.214. The molecule has 174 valence electrons. The number of hydrogen-bond acceptors (Lipinski definition) is 5. The van der Waals surface area contributed by atoms with Crippen molar-refractivity contribution in [3.8, 4) is 11.5 Å². The van der Waals surface area contributed by atoms with Gasteiger partial charge in [-0.1, -0.05) is 29.8 Å². The summed E-state index contributed by atoms with van der Waals surface area (Å²) in [6.07, 6.45) is 0. The van der Waals surface area contributed by atoms with Gasteiger partial charge in [-0.3, -0.25) is 14.5 Å². The van der Waals surface area contributed by atoms with Crippen LogP contribution in [0.5, 0.6) is 11.5 Å². The molecule has 0 aromatic heterocycles. The van der Waals surface area contributed by atoms with Gasteiger partial charge in [-0.25, -0.2) is 0 Å². The molecule has 1 heterocycles. The van der Waals surface area contributed by atoms with Crippen molar-refractivity contribution in [3.63, 3.8) is 0 Å². The van der Waals surface area contributed by atoms with E-state index in [1.165, 1.54) is 4.90 Å². The zero-order valence-corrected chi connectivity index (χ0v) is 19.9. The number of aliphatic hydroxyl groups is 1. The average Bonchev–Trinajstić information content (AvgIpc) is 3.09. The highest BCUT2D eigenvalue weighted by Gasteiger charge is 2.47. The molecule has 1 amide bonds. The zero-order chi connectivity index (χ0) is 24.6. The number of aliphatic hydroxyl groups excluding tert-OH is 1. The Kier molecular flexibility index (Phi) is 6.16. The van der Waals surface area contributed by atoms with Crippen molar-refractivity contribution in [3.05, 3.63) is 94.1 Å². The first-order chi connectivity index (χ1) is 16.3. The van der Waals surface area contributed by atoms with E-state index in [0.717, 1.165) is 16.7 Å². The van der Waals surface area contributed by atoms with Crippen molar-refractivity contribution >= 4 is 23.1 Å². The van der Waals surface area contributed by atoms with Crippen molar-refractivity contribution in [1.82, 2.24) is 0 Å². The molecule has 4 rings (SSSR count). The second kappa shape index (κ2) is 9.06. The van der Waals surface area contributed by atoms with Gasteiger partial charge in [0.25, 0.3) is 11.7 Å². The molecule has 0 bridgehead atoms. The number of anilines is 1. The maximum absolute atomic E-state index is 13.3. The van der Waals surface area contributed by atoms with Crippen molar-refractivity contribution < 1.29 is 24.2 Å². The predicted octanol–water partition coefficient (Wildman–Crippen LogP) is 5.26. The number of rotatable bonds is 5. The Morgan fingerprint density at radius 3 is 2.15 bits per heavy atom. The highest BCUT2D eigenvalue weighted by atomic mass is 16.5. The third-order valence-electron chi connectivity index (χ3n) is 6.16. The molecule has 1 atom stereocenters. The molecular weight excluding hydrogens is 430 g/mol. The van der Waals surface area contributed by atoms with Gasteiger partial charge in [-0.05, 0) is 73.9 Å². The van der Waals surface area contributed by atoms with Crippen LogP contribution in [0.2, 0.25) is 0 Å². The molecule has 1 saturated heterocycles. The smallest absolute Gasteiger partial charge is 0.300 e. The van der Waals surface area contributed by atoms with E-state index in [2.05, 4.69) is 0 Å². The number of carbonyl (C=O) groups excluding carboxylic acids is 2. The quantitative estimate of drug-likeness (QED) is 0.322. The fourth-order valence-corrected chi connectivity index (χ4v) is 4.44. The van der Waals surface area contributed by atoms with Gasteiger partial charge in [0.05, 0.1) is 25.8 Å². The number of nitrogens with zero attached hydrogens (tertiary/aromatic N) is 1. The number of ketones is 1. The number of aryl methyl sites for hydroxylation is 3. The van der Waals surface area contributed by atoms with Gasteiger partial charge < -0.3 is 14.6 Å².